The minimum atomic E-state index is -3.67. The highest BCUT2D eigenvalue weighted by Crippen LogP contribution is 2.30. The molecular formula is C14H22N2O2S. The Hall–Kier alpha value is -1.07. The molecule has 0 amide bonds. The van der Waals surface area contributed by atoms with Crippen molar-refractivity contribution in [2.75, 3.05) is 5.32 Å². The predicted molar refractivity (Wildman–Crippen MR) is 77.5 cm³/mol. The van der Waals surface area contributed by atoms with Gasteiger partial charge >= 0.3 is 0 Å². The molecule has 2 rings (SSSR count). The first-order valence-corrected chi connectivity index (χ1v) is 8.43. The van der Waals surface area contributed by atoms with Crippen LogP contribution in [0.2, 0.25) is 0 Å². The molecule has 0 spiro atoms. The summed E-state index contributed by atoms with van der Waals surface area (Å²) >= 11 is 0. The summed E-state index contributed by atoms with van der Waals surface area (Å²) in [5, 5.41) is 8.61. The molecule has 1 aliphatic carbocycles. The third kappa shape index (κ3) is 3.70. The number of nitrogens with two attached hydrogens (primary N) is 1. The van der Waals surface area contributed by atoms with Crippen LogP contribution in [-0.2, 0) is 10.0 Å². The van der Waals surface area contributed by atoms with Crippen LogP contribution in [0.1, 0.15) is 39.0 Å². The summed E-state index contributed by atoms with van der Waals surface area (Å²) in [6, 6.07) is 7.21. The zero-order valence-corrected chi connectivity index (χ0v) is 12.1. The highest BCUT2D eigenvalue weighted by molar-refractivity contribution is 7.89. The van der Waals surface area contributed by atoms with E-state index < -0.39 is 10.0 Å². The smallest absolute Gasteiger partial charge is 0.240 e. The van der Waals surface area contributed by atoms with Gasteiger partial charge in [0, 0.05) is 6.04 Å². The van der Waals surface area contributed by atoms with E-state index in [4.69, 9.17) is 5.14 Å². The Bertz CT molecular complexity index is 528. The Morgan fingerprint density at radius 2 is 2.05 bits per heavy atom. The quantitative estimate of drug-likeness (QED) is 0.892. The van der Waals surface area contributed by atoms with Gasteiger partial charge in [0.1, 0.15) is 4.90 Å². The van der Waals surface area contributed by atoms with E-state index in [2.05, 4.69) is 12.2 Å². The van der Waals surface area contributed by atoms with Crippen molar-refractivity contribution < 1.29 is 8.42 Å². The average Bonchev–Trinajstić information content (AvgIpc) is 2.38. The number of para-hydroxylation sites is 1. The molecule has 0 aliphatic heterocycles. The van der Waals surface area contributed by atoms with Crippen LogP contribution in [-0.4, -0.2) is 14.5 Å². The van der Waals surface area contributed by atoms with Gasteiger partial charge in [0.15, 0.2) is 0 Å². The van der Waals surface area contributed by atoms with E-state index in [1.54, 1.807) is 18.2 Å². The molecule has 1 aromatic carbocycles. The van der Waals surface area contributed by atoms with E-state index in [1.165, 1.54) is 19.3 Å². The van der Waals surface area contributed by atoms with Crippen molar-refractivity contribution in [3.63, 3.8) is 0 Å². The SMILES string of the molecule is CCC1CCCC(Nc2ccccc2S(N)(=O)=O)C1. The molecule has 0 heterocycles. The summed E-state index contributed by atoms with van der Waals surface area (Å²) in [4.78, 5) is 0.189. The first-order valence-electron chi connectivity index (χ1n) is 6.89. The Kier molecular flexibility index (Phi) is 4.47. The average molecular weight is 282 g/mol. The van der Waals surface area contributed by atoms with Gasteiger partial charge in [0.2, 0.25) is 10.0 Å². The number of primary sulfonamides is 1. The van der Waals surface area contributed by atoms with Gasteiger partial charge in [-0.25, -0.2) is 13.6 Å². The van der Waals surface area contributed by atoms with Gasteiger partial charge < -0.3 is 5.32 Å². The van der Waals surface area contributed by atoms with Crippen molar-refractivity contribution in [3.05, 3.63) is 24.3 Å². The van der Waals surface area contributed by atoms with Gasteiger partial charge in [-0.05, 0) is 30.9 Å². The van der Waals surface area contributed by atoms with Crippen LogP contribution in [0.3, 0.4) is 0 Å². The Balaban J connectivity index is 2.15. The van der Waals surface area contributed by atoms with Crippen molar-refractivity contribution in [1.82, 2.24) is 0 Å². The van der Waals surface area contributed by atoms with Gasteiger partial charge in [-0.15, -0.1) is 0 Å². The second-order valence-electron chi connectivity index (χ2n) is 5.32. The van der Waals surface area contributed by atoms with Crippen molar-refractivity contribution in [2.45, 2.75) is 50.0 Å². The van der Waals surface area contributed by atoms with E-state index in [0.717, 1.165) is 18.8 Å². The number of anilines is 1. The van der Waals surface area contributed by atoms with Gasteiger partial charge in [-0.1, -0.05) is 38.3 Å². The lowest BCUT2D eigenvalue weighted by molar-refractivity contribution is 0.327. The van der Waals surface area contributed by atoms with E-state index >= 15 is 0 Å². The van der Waals surface area contributed by atoms with Crippen LogP contribution in [0.5, 0.6) is 0 Å². The molecule has 0 bridgehead atoms. The van der Waals surface area contributed by atoms with Crippen molar-refractivity contribution >= 4 is 15.7 Å². The monoisotopic (exact) mass is 282 g/mol. The number of rotatable bonds is 4. The van der Waals surface area contributed by atoms with Crippen molar-refractivity contribution in [2.24, 2.45) is 11.1 Å². The standard InChI is InChI=1S/C14H22N2O2S/c1-2-11-6-5-7-12(10-11)16-13-8-3-4-9-14(13)19(15,17)18/h3-4,8-9,11-12,16H,2,5-7,10H2,1H3,(H2,15,17,18). The molecule has 0 radical (unpaired) electrons. The van der Waals surface area contributed by atoms with Crippen LogP contribution < -0.4 is 10.5 Å². The summed E-state index contributed by atoms with van der Waals surface area (Å²) in [5.41, 5.74) is 0.631. The summed E-state index contributed by atoms with van der Waals surface area (Å²) < 4.78 is 23.1. The molecule has 106 valence electrons. The molecule has 0 saturated heterocycles. The number of nitrogens with one attached hydrogen (secondary N) is 1. The lowest BCUT2D eigenvalue weighted by atomic mass is 9.84. The topological polar surface area (TPSA) is 72.2 Å². The lowest BCUT2D eigenvalue weighted by Gasteiger charge is -2.30. The second kappa shape index (κ2) is 5.92. The molecule has 1 fully saturated rings. The lowest BCUT2D eigenvalue weighted by Crippen LogP contribution is -2.28. The highest BCUT2D eigenvalue weighted by atomic mass is 32.2. The molecule has 5 heteroatoms. The van der Waals surface area contributed by atoms with Crippen molar-refractivity contribution in [3.8, 4) is 0 Å². The van der Waals surface area contributed by atoms with Gasteiger partial charge in [0.05, 0.1) is 5.69 Å². The molecule has 1 saturated carbocycles. The van der Waals surface area contributed by atoms with Crippen LogP contribution in [0.25, 0.3) is 0 Å². The van der Waals surface area contributed by atoms with E-state index in [0.29, 0.717) is 11.7 Å². The number of hydrogen-bond donors (Lipinski definition) is 2. The van der Waals surface area contributed by atoms with E-state index in [1.807, 2.05) is 6.07 Å². The molecule has 1 aromatic rings. The third-order valence-electron chi connectivity index (χ3n) is 3.91. The first-order chi connectivity index (χ1) is 9.00. The highest BCUT2D eigenvalue weighted by Gasteiger charge is 2.22. The molecule has 19 heavy (non-hydrogen) atoms. The Morgan fingerprint density at radius 3 is 2.74 bits per heavy atom. The molecule has 2 atom stereocenters. The fraction of sp³-hybridized carbons (Fsp3) is 0.571. The van der Waals surface area contributed by atoms with E-state index in [9.17, 15) is 8.42 Å². The van der Waals surface area contributed by atoms with Gasteiger partial charge in [-0.3, -0.25) is 0 Å². The Labute approximate surface area is 115 Å². The minimum absolute atomic E-state index is 0.189. The molecule has 1 aliphatic rings. The molecular weight excluding hydrogens is 260 g/mol. The van der Waals surface area contributed by atoms with Crippen LogP contribution in [0, 0.1) is 5.92 Å². The summed E-state index contributed by atoms with van der Waals surface area (Å²) in [5.74, 6) is 0.743. The predicted octanol–water partition coefficient (Wildman–Crippen LogP) is 2.71. The maximum atomic E-state index is 11.6. The van der Waals surface area contributed by atoms with Gasteiger partial charge in [0.25, 0.3) is 0 Å². The Morgan fingerprint density at radius 1 is 1.32 bits per heavy atom. The summed E-state index contributed by atoms with van der Waals surface area (Å²) in [6.07, 6.45) is 5.87. The number of sulfonamides is 1. The zero-order valence-electron chi connectivity index (χ0n) is 11.3. The molecule has 4 nitrogen and oxygen atoms in total. The zero-order chi connectivity index (χ0) is 13.9. The van der Waals surface area contributed by atoms with E-state index in [-0.39, 0.29) is 4.90 Å². The third-order valence-corrected chi connectivity index (χ3v) is 4.88. The largest absolute Gasteiger partial charge is 0.381 e. The molecule has 3 N–H and O–H groups in total. The maximum absolute atomic E-state index is 11.6. The second-order valence-corrected chi connectivity index (χ2v) is 6.85. The molecule has 2 unspecified atom stereocenters. The minimum Gasteiger partial charge on any atom is -0.381 e. The first kappa shape index (κ1) is 14.3. The summed E-state index contributed by atoms with van der Waals surface area (Å²) in [7, 11) is -3.67. The fourth-order valence-electron chi connectivity index (χ4n) is 2.85. The van der Waals surface area contributed by atoms with Crippen LogP contribution >= 0.6 is 0 Å². The number of hydrogen-bond acceptors (Lipinski definition) is 3. The number of benzene rings is 1. The van der Waals surface area contributed by atoms with Gasteiger partial charge in [-0.2, -0.15) is 0 Å². The normalized spacial score (nSPS) is 24.1. The van der Waals surface area contributed by atoms with Crippen molar-refractivity contribution in [1.29, 1.82) is 0 Å². The fourth-order valence-corrected chi connectivity index (χ4v) is 3.55. The molecule has 0 aromatic heterocycles. The van der Waals surface area contributed by atoms with Crippen LogP contribution in [0.4, 0.5) is 5.69 Å². The maximum Gasteiger partial charge on any atom is 0.240 e. The van der Waals surface area contributed by atoms with Crippen LogP contribution in [0.15, 0.2) is 29.2 Å². The summed E-state index contributed by atoms with van der Waals surface area (Å²) in [6.45, 7) is 2.21.